The largest absolute Gasteiger partial charge is 0.496 e. The number of methoxy groups -OCH3 is 1. The first-order valence-corrected chi connectivity index (χ1v) is 7.83. The Morgan fingerprint density at radius 1 is 1.50 bits per heavy atom. The van der Waals surface area contributed by atoms with E-state index < -0.39 is 0 Å². The molecule has 1 aromatic carbocycles. The molecule has 5 heteroatoms. The van der Waals surface area contributed by atoms with E-state index >= 15 is 0 Å². The Balaban J connectivity index is 1.84. The summed E-state index contributed by atoms with van der Waals surface area (Å²) in [5.41, 5.74) is 1.08. The summed E-state index contributed by atoms with van der Waals surface area (Å²) in [6.45, 7) is 3.85. The highest BCUT2D eigenvalue weighted by Gasteiger charge is 2.20. The number of ether oxygens (including phenoxy) is 2. The third-order valence-electron chi connectivity index (χ3n) is 4.19. The predicted octanol–water partition coefficient (Wildman–Crippen LogP) is 1.98. The van der Waals surface area contributed by atoms with Gasteiger partial charge in [0.05, 0.1) is 19.8 Å². The minimum absolute atomic E-state index is 0.0275. The monoisotopic (exact) mass is 306 g/mol. The second-order valence-electron chi connectivity index (χ2n) is 5.77. The molecular weight excluding hydrogens is 280 g/mol. The fourth-order valence-corrected chi connectivity index (χ4v) is 2.70. The number of hydrogen-bond donors (Lipinski definition) is 1. The van der Waals surface area contributed by atoms with Crippen LogP contribution in [0.4, 0.5) is 0 Å². The van der Waals surface area contributed by atoms with Gasteiger partial charge in [0.1, 0.15) is 5.75 Å². The molecule has 1 heterocycles. The van der Waals surface area contributed by atoms with Gasteiger partial charge in [0.2, 0.25) is 5.91 Å². The first-order chi connectivity index (χ1) is 10.6. The van der Waals surface area contributed by atoms with Crippen LogP contribution >= 0.6 is 0 Å². The van der Waals surface area contributed by atoms with E-state index in [1.54, 1.807) is 7.11 Å². The summed E-state index contributed by atoms with van der Waals surface area (Å²) in [5, 5.41) is 2.95. The fourth-order valence-electron chi connectivity index (χ4n) is 2.70. The predicted molar refractivity (Wildman–Crippen MR) is 86.0 cm³/mol. The van der Waals surface area contributed by atoms with Crippen LogP contribution in [-0.4, -0.2) is 50.8 Å². The SMILES string of the molecule is COc1ccccc1C(C)N(C)CC(=O)NCC1CCCO1. The maximum absolute atomic E-state index is 12.1. The van der Waals surface area contributed by atoms with Gasteiger partial charge in [-0.05, 0) is 32.9 Å². The van der Waals surface area contributed by atoms with Crippen molar-refractivity contribution in [2.24, 2.45) is 0 Å². The highest BCUT2D eigenvalue weighted by molar-refractivity contribution is 5.78. The molecule has 2 unspecified atom stereocenters. The average molecular weight is 306 g/mol. The van der Waals surface area contributed by atoms with Gasteiger partial charge in [-0.25, -0.2) is 0 Å². The molecule has 0 aromatic heterocycles. The topological polar surface area (TPSA) is 50.8 Å². The van der Waals surface area contributed by atoms with Gasteiger partial charge in [0, 0.05) is 24.8 Å². The van der Waals surface area contributed by atoms with Crippen molar-refractivity contribution >= 4 is 5.91 Å². The number of rotatable bonds is 7. The van der Waals surface area contributed by atoms with E-state index in [-0.39, 0.29) is 18.1 Å². The van der Waals surface area contributed by atoms with E-state index in [9.17, 15) is 4.79 Å². The lowest BCUT2D eigenvalue weighted by Gasteiger charge is -2.26. The zero-order valence-electron chi connectivity index (χ0n) is 13.7. The van der Waals surface area contributed by atoms with Crippen molar-refractivity contribution in [3.63, 3.8) is 0 Å². The number of carbonyl (C=O) groups is 1. The smallest absolute Gasteiger partial charge is 0.234 e. The van der Waals surface area contributed by atoms with E-state index in [0.29, 0.717) is 13.1 Å². The van der Waals surface area contributed by atoms with Crippen molar-refractivity contribution in [1.29, 1.82) is 0 Å². The summed E-state index contributed by atoms with van der Waals surface area (Å²) in [4.78, 5) is 14.1. The zero-order chi connectivity index (χ0) is 15.9. The third-order valence-corrected chi connectivity index (χ3v) is 4.19. The summed E-state index contributed by atoms with van der Waals surface area (Å²) in [6.07, 6.45) is 2.31. The van der Waals surface area contributed by atoms with Gasteiger partial charge in [0.15, 0.2) is 0 Å². The molecule has 22 heavy (non-hydrogen) atoms. The Hall–Kier alpha value is -1.59. The number of nitrogens with one attached hydrogen (secondary N) is 1. The Labute approximate surface area is 132 Å². The summed E-state index contributed by atoms with van der Waals surface area (Å²) >= 11 is 0. The number of para-hydroxylation sites is 1. The maximum atomic E-state index is 12.1. The molecule has 0 radical (unpaired) electrons. The fraction of sp³-hybridized carbons (Fsp3) is 0.588. The van der Waals surface area contributed by atoms with Crippen molar-refractivity contribution in [3.05, 3.63) is 29.8 Å². The second-order valence-corrected chi connectivity index (χ2v) is 5.77. The van der Waals surface area contributed by atoms with Gasteiger partial charge in [-0.2, -0.15) is 0 Å². The van der Waals surface area contributed by atoms with Crippen LogP contribution in [0.25, 0.3) is 0 Å². The second kappa shape index (κ2) is 8.15. The molecule has 0 bridgehead atoms. The van der Waals surface area contributed by atoms with E-state index in [1.165, 1.54) is 0 Å². The van der Waals surface area contributed by atoms with Gasteiger partial charge >= 0.3 is 0 Å². The molecule has 122 valence electrons. The Bertz CT molecular complexity index is 487. The molecular formula is C17H26N2O3. The Kier molecular flexibility index (Phi) is 6.21. The average Bonchev–Trinajstić information content (AvgIpc) is 3.05. The van der Waals surface area contributed by atoms with Crippen molar-refractivity contribution in [2.75, 3.05) is 33.9 Å². The number of benzene rings is 1. The zero-order valence-corrected chi connectivity index (χ0v) is 13.7. The molecule has 1 saturated heterocycles. The molecule has 1 N–H and O–H groups in total. The first kappa shape index (κ1) is 16.8. The molecule has 1 aliphatic heterocycles. The molecule has 2 atom stereocenters. The number of likely N-dealkylation sites (N-methyl/N-ethyl adjacent to an activating group) is 1. The minimum Gasteiger partial charge on any atom is -0.496 e. The van der Waals surface area contributed by atoms with Gasteiger partial charge in [-0.15, -0.1) is 0 Å². The summed E-state index contributed by atoms with van der Waals surface area (Å²) in [5.74, 6) is 0.876. The van der Waals surface area contributed by atoms with Crippen molar-refractivity contribution in [2.45, 2.75) is 31.9 Å². The van der Waals surface area contributed by atoms with Crippen LogP contribution in [0.5, 0.6) is 5.75 Å². The standard InChI is InChI=1S/C17H26N2O3/c1-13(15-8-4-5-9-16(15)21-3)19(2)12-17(20)18-11-14-7-6-10-22-14/h4-5,8-9,13-14H,6-7,10-12H2,1-3H3,(H,18,20). The lowest BCUT2D eigenvalue weighted by molar-refractivity contribution is -0.122. The van der Waals surface area contributed by atoms with Crippen molar-refractivity contribution in [1.82, 2.24) is 10.2 Å². The number of amides is 1. The molecule has 0 aliphatic carbocycles. The van der Waals surface area contributed by atoms with Crippen molar-refractivity contribution < 1.29 is 14.3 Å². The summed E-state index contributed by atoms with van der Waals surface area (Å²) in [6, 6.07) is 8.01. The molecule has 0 saturated carbocycles. The van der Waals surface area contributed by atoms with E-state index in [4.69, 9.17) is 9.47 Å². The van der Waals surface area contributed by atoms with Crippen LogP contribution in [0.3, 0.4) is 0 Å². The highest BCUT2D eigenvalue weighted by Crippen LogP contribution is 2.27. The number of nitrogens with zero attached hydrogens (tertiary/aromatic N) is 1. The molecule has 1 aliphatic rings. The van der Waals surface area contributed by atoms with E-state index in [2.05, 4.69) is 12.2 Å². The van der Waals surface area contributed by atoms with Crippen LogP contribution in [0.1, 0.15) is 31.4 Å². The molecule has 0 spiro atoms. The lowest BCUT2D eigenvalue weighted by atomic mass is 10.1. The van der Waals surface area contributed by atoms with Crippen LogP contribution in [-0.2, 0) is 9.53 Å². The first-order valence-electron chi connectivity index (χ1n) is 7.83. The van der Waals surface area contributed by atoms with Gasteiger partial charge < -0.3 is 14.8 Å². The quantitative estimate of drug-likeness (QED) is 0.837. The molecule has 5 nitrogen and oxygen atoms in total. The van der Waals surface area contributed by atoms with E-state index in [0.717, 1.165) is 30.8 Å². The molecule has 1 fully saturated rings. The van der Waals surface area contributed by atoms with Crippen LogP contribution in [0.2, 0.25) is 0 Å². The lowest BCUT2D eigenvalue weighted by Crippen LogP contribution is -2.39. The molecule has 1 amide bonds. The number of hydrogen-bond acceptors (Lipinski definition) is 4. The van der Waals surface area contributed by atoms with Crippen LogP contribution in [0.15, 0.2) is 24.3 Å². The van der Waals surface area contributed by atoms with Crippen LogP contribution < -0.4 is 10.1 Å². The Morgan fingerprint density at radius 3 is 2.95 bits per heavy atom. The summed E-state index contributed by atoms with van der Waals surface area (Å²) in [7, 11) is 3.61. The van der Waals surface area contributed by atoms with Gasteiger partial charge in [0.25, 0.3) is 0 Å². The normalized spacial score (nSPS) is 19.2. The summed E-state index contributed by atoms with van der Waals surface area (Å²) < 4.78 is 10.9. The maximum Gasteiger partial charge on any atom is 0.234 e. The van der Waals surface area contributed by atoms with E-state index in [1.807, 2.05) is 36.2 Å². The molecule has 1 aromatic rings. The van der Waals surface area contributed by atoms with Gasteiger partial charge in [-0.3, -0.25) is 9.69 Å². The Morgan fingerprint density at radius 2 is 2.27 bits per heavy atom. The van der Waals surface area contributed by atoms with Crippen molar-refractivity contribution in [3.8, 4) is 5.75 Å². The number of carbonyl (C=O) groups excluding carboxylic acids is 1. The minimum atomic E-state index is 0.0275. The van der Waals surface area contributed by atoms with Gasteiger partial charge in [-0.1, -0.05) is 18.2 Å². The third kappa shape index (κ3) is 4.45. The van der Waals surface area contributed by atoms with Crippen LogP contribution in [0, 0.1) is 0 Å². The molecule has 2 rings (SSSR count). The highest BCUT2D eigenvalue weighted by atomic mass is 16.5.